The molecule has 2 aromatic rings. The van der Waals surface area contributed by atoms with Crippen molar-refractivity contribution in [3.63, 3.8) is 0 Å². The third-order valence-electron chi connectivity index (χ3n) is 2.19. The van der Waals surface area contributed by atoms with Crippen LogP contribution in [0, 0.1) is 0 Å². The molecule has 18 heavy (non-hydrogen) atoms. The molecule has 0 radical (unpaired) electrons. The van der Waals surface area contributed by atoms with Gasteiger partial charge in [0.15, 0.2) is 5.84 Å². The Balaban J connectivity index is 2.40. The van der Waals surface area contributed by atoms with Crippen molar-refractivity contribution in [3.8, 4) is 11.5 Å². The van der Waals surface area contributed by atoms with Crippen LogP contribution in [0.3, 0.4) is 0 Å². The number of nitrogens with two attached hydrogens (primary N) is 1. The fourth-order valence-corrected chi connectivity index (χ4v) is 1.54. The average Bonchev–Trinajstić information content (AvgIpc) is 2.39. The van der Waals surface area contributed by atoms with Crippen molar-refractivity contribution in [2.45, 2.75) is 0 Å². The number of oxime groups is 1. The molecule has 3 N–H and O–H groups in total. The van der Waals surface area contributed by atoms with Crippen LogP contribution in [0.15, 0.2) is 47.9 Å². The molecule has 6 heteroatoms. The maximum absolute atomic E-state index is 8.71. The highest BCUT2D eigenvalue weighted by atomic mass is 35.5. The summed E-state index contributed by atoms with van der Waals surface area (Å²) in [4.78, 5) is 3.93. The van der Waals surface area contributed by atoms with Crippen LogP contribution in [0.4, 0.5) is 0 Å². The van der Waals surface area contributed by atoms with E-state index in [0.29, 0.717) is 22.1 Å². The predicted molar refractivity (Wildman–Crippen MR) is 68.3 cm³/mol. The number of amidine groups is 1. The Morgan fingerprint density at radius 1 is 1.39 bits per heavy atom. The summed E-state index contributed by atoms with van der Waals surface area (Å²) >= 11 is 5.89. The molecular weight excluding hydrogens is 254 g/mol. The lowest BCUT2D eigenvalue weighted by Gasteiger charge is -2.10. The summed E-state index contributed by atoms with van der Waals surface area (Å²) in [6, 6.07) is 8.31. The summed E-state index contributed by atoms with van der Waals surface area (Å²) in [6.45, 7) is 0. The molecule has 0 aliphatic carbocycles. The maximum Gasteiger partial charge on any atom is 0.173 e. The lowest BCUT2D eigenvalue weighted by molar-refractivity contribution is 0.318. The van der Waals surface area contributed by atoms with E-state index >= 15 is 0 Å². The first kappa shape index (κ1) is 12.2. The summed E-state index contributed by atoms with van der Waals surface area (Å²) in [5, 5.41) is 12.1. The first-order chi connectivity index (χ1) is 8.70. The largest absolute Gasteiger partial charge is 0.455 e. The van der Waals surface area contributed by atoms with E-state index in [1.807, 2.05) is 0 Å². The second kappa shape index (κ2) is 5.37. The minimum Gasteiger partial charge on any atom is -0.455 e. The predicted octanol–water partition coefficient (Wildman–Crippen LogP) is 2.62. The molecule has 1 aromatic heterocycles. The first-order valence-electron chi connectivity index (χ1n) is 5.06. The molecule has 0 spiro atoms. The Morgan fingerprint density at radius 3 is 2.89 bits per heavy atom. The van der Waals surface area contributed by atoms with Gasteiger partial charge in [0.2, 0.25) is 0 Å². The van der Waals surface area contributed by atoms with Crippen LogP contribution in [0.1, 0.15) is 5.56 Å². The van der Waals surface area contributed by atoms with Gasteiger partial charge in [0.05, 0.1) is 11.8 Å². The van der Waals surface area contributed by atoms with Gasteiger partial charge in [-0.2, -0.15) is 0 Å². The van der Waals surface area contributed by atoms with Gasteiger partial charge in [0.1, 0.15) is 11.5 Å². The van der Waals surface area contributed by atoms with E-state index in [9.17, 15) is 0 Å². The van der Waals surface area contributed by atoms with Gasteiger partial charge in [0.25, 0.3) is 0 Å². The molecule has 1 aromatic carbocycles. The van der Waals surface area contributed by atoms with Gasteiger partial charge in [-0.05, 0) is 24.3 Å². The number of ether oxygens (including phenoxy) is 1. The summed E-state index contributed by atoms with van der Waals surface area (Å²) in [5.74, 6) is 0.878. The topological polar surface area (TPSA) is 80.7 Å². The molecule has 0 fully saturated rings. The van der Waals surface area contributed by atoms with E-state index in [2.05, 4.69) is 10.1 Å². The average molecular weight is 264 g/mol. The Bertz CT molecular complexity index is 573. The number of benzene rings is 1. The van der Waals surface area contributed by atoms with Crippen molar-refractivity contribution in [1.29, 1.82) is 0 Å². The summed E-state index contributed by atoms with van der Waals surface area (Å²) < 4.78 is 5.59. The van der Waals surface area contributed by atoms with Crippen LogP contribution < -0.4 is 10.5 Å². The van der Waals surface area contributed by atoms with E-state index in [0.717, 1.165) is 0 Å². The number of hydrogen-bond donors (Lipinski definition) is 2. The highest BCUT2D eigenvalue weighted by Gasteiger charge is 2.10. The second-order valence-electron chi connectivity index (χ2n) is 3.42. The summed E-state index contributed by atoms with van der Waals surface area (Å²) in [6.07, 6.45) is 3.19. The van der Waals surface area contributed by atoms with Gasteiger partial charge in [-0.3, -0.25) is 4.98 Å². The van der Waals surface area contributed by atoms with Gasteiger partial charge in [-0.15, -0.1) is 0 Å². The fraction of sp³-hybridized carbons (Fsp3) is 0. The molecule has 1 heterocycles. The molecule has 0 saturated heterocycles. The third kappa shape index (κ3) is 2.70. The van der Waals surface area contributed by atoms with Gasteiger partial charge in [-0.25, -0.2) is 0 Å². The SMILES string of the molecule is NC(=NO)c1ccc(Cl)cc1Oc1cccnc1. The number of halogens is 1. The Kier molecular flexibility index (Phi) is 3.64. The Labute approximate surface area is 108 Å². The van der Waals surface area contributed by atoms with Crippen molar-refractivity contribution < 1.29 is 9.94 Å². The first-order valence-corrected chi connectivity index (χ1v) is 5.44. The fourth-order valence-electron chi connectivity index (χ4n) is 1.38. The highest BCUT2D eigenvalue weighted by Crippen LogP contribution is 2.27. The van der Waals surface area contributed by atoms with Crippen LogP contribution >= 0.6 is 11.6 Å². The zero-order chi connectivity index (χ0) is 13.0. The van der Waals surface area contributed by atoms with Crippen LogP contribution in [0.25, 0.3) is 0 Å². The van der Waals surface area contributed by atoms with E-state index in [1.165, 1.54) is 0 Å². The molecule has 0 aliphatic rings. The number of nitrogens with zero attached hydrogens (tertiary/aromatic N) is 2. The molecule has 5 nitrogen and oxygen atoms in total. The third-order valence-corrected chi connectivity index (χ3v) is 2.42. The van der Waals surface area contributed by atoms with E-state index in [4.69, 9.17) is 27.3 Å². The number of rotatable bonds is 3. The Morgan fingerprint density at radius 2 is 2.22 bits per heavy atom. The van der Waals surface area contributed by atoms with Crippen molar-refractivity contribution in [2.24, 2.45) is 10.9 Å². The zero-order valence-corrected chi connectivity index (χ0v) is 10.0. The zero-order valence-electron chi connectivity index (χ0n) is 9.25. The summed E-state index contributed by atoms with van der Waals surface area (Å²) in [5.41, 5.74) is 6.01. The van der Waals surface area contributed by atoms with Crippen LogP contribution in [0.2, 0.25) is 5.02 Å². The minimum absolute atomic E-state index is 0.0504. The molecule has 0 atom stereocenters. The number of aromatic nitrogens is 1. The van der Waals surface area contributed by atoms with Crippen molar-refractivity contribution >= 4 is 17.4 Å². The van der Waals surface area contributed by atoms with E-state index in [-0.39, 0.29) is 5.84 Å². The minimum atomic E-state index is -0.0504. The van der Waals surface area contributed by atoms with Gasteiger partial charge >= 0.3 is 0 Å². The Hall–Kier alpha value is -2.27. The van der Waals surface area contributed by atoms with E-state index < -0.39 is 0 Å². The molecule has 0 bridgehead atoms. The second-order valence-corrected chi connectivity index (χ2v) is 3.85. The van der Waals surface area contributed by atoms with Crippen LogP contribution in [-0.2, 0) is 0 Å². The van der Waals surface area contributed by atoms with Crippen molar-refractivity contribution in [2.75, 3.05) is 0 Å². The molecule has 0 aliphatic heterocycles. The van der Waals surface area contributed by atoms with Gasteiger partial charge in [0, 0.05) is 17.3 Å². The van der Waals surface area contributed by atoms with E-state index in [1.54, 1.807) is 42.7 Å². The van der Waals surface area contributed by atoms with Crippen molar-refractivity contribution in [3.05, 3.63) is 53.3 Å². The number of hydrogen-bond acceptors (Lipinski definition) is 4. The van der Waals surface area contributed by atoms with Crippen molar-refractivity contribution in [1.82, 2.24) is 4.98 Å². The van der Waals surface area contributed by atoms with Gasteiger partial charge < -0.3 is 15.7 Å². The maximum atomic E-state index is 8.71. The van der Waals surface area contributed by atoms with Crippen LogP contribution in [0.5, 0.6) is 11.5 Å². The van der Waals surface area contributed by atoms with Gasteiger partial charge in [-0.1, -0.05) is 16.8 Å². The quantitative estimate of drug-likeness (QED) is 0.386. The molecule has 2 rings (SSSR count). The molecular formula is C12H10ClN3O2. The molecule has 0 unspecified atom stereocenters. The molecule has 0 amide bonds. The molecule has 92 valence electrons. The lowest BCUT2D eigenvalue weighted by atomic mass is 10.2. The monoisotopic (exact) mass is 263 g/mol. The summed E-state index contributed by atoms with van der Waals surface area (Å²) in [7, 11) is 0. The standard InChI is InChI=1S/C12H10ClN3O2/c13-8-3-4-10(12(14)16-17)11(6-8)18-9-2-1-5-15-7-9/h1-7,17H,(H2,14,16). The lowest BCUT2D eigenvalue weighted by Crippen LogP contribution is -2.14. The smallest absolute Gasteiger partial charge is 0.173 e. The van der Waals surface area contributed by atoms with Crippen LogP contribution in [-0.4, -0.2) is 16.0 Å². The molecule has 0 saturated carbocycles. The normalized spacial score (nSPS) is 11.3. The number of pyridine rings is 1. The highest BCUT2D eigenvalue weighted by molar-refractivity contribution is 6.30.